The van der Waals surface area contributed by atoms with E-state index < -0.39 is 6.16 Å². The Morgan fingerprint density at radius 2 is 2.23 bits per heavy atom. The molecule has 0 radical (unpaired) electrons. The minimum Gasteiger partial charge on any atom is -0.449 e. The van der Waals surface area contributed by atoms with E-state index in [0.717, 1.165) is 17.8 Å². The maximum absolute atomic E-state index is 10.9. The summed E-state index contributed by atoms with van der Waals surface area (Å²) in [5.74, 6) is 0.148. The van der Waals surface area contributed by atoms with Crippen molar-refractivity contribution in [2.75, 3.05) is 0 Å². The molecule has 8 heteroatoms. The van der Waals surface area contributed by atoms with Crippen LogP contribution in [0.2, 0.25) is 0 Å². The maximum atomic E-state index is 10.9. The molecular weight excluding hydrogens is 288 g/mol. The van der Waals surface area contributed by atoms with Crippen LogP contribution >= 0.6 is 0 Å². The van der Waals surface area contributed by atoms with Gasteiger partial charge in [-0.15, -0.1) is 0 Å². The molecule has 0 aliphatic rings. The number of aromatic nitrogens is 4. The third kappa shape index (κ3) is 2.18. The number of carbonyl (C=O) groups is 1. The van der Waals surface area contributed by atoms with Gasteiger partial charge in [-0.3, -0.25) is 4.68 Å². The maximum Gasteiger partial charge on any atom is 0.511 e. The summed E-state index contributed by atoms with van der Waals surface area (Å²) in [4.78, 5) is 15.1. The average molecular weight is 302 g/mol. The Labute approximate surface area is 125 Å². The molecule has 3 aromatic rings. The summed E-state index contributed by atoms with van der Waals surface area (Å²) in [5, 5.41) is 17.6. The van der Waals surface area contributed by atoms with E-state index in [1.54, 1.807) is 13.1 Å². The van der Waals surface area contributed by atoms with Crippen molar-refractivity contribution in [3.8, 4) is 17.0 Å². The van der Waals surface area contributed by atoms with E-state index in [4.69, 9.17) is 14.4 Å². The van der Waals surface area contributed by atoms with Gasteiger partial charge in [0.15, 0.2) is 5.75 Å². The molecule has 22 heavy (non-hydrogen) atoms. The summed E-state index contributed by atoms with van der Waals surface area (Å²) in [5.41, 5.74) is 2.93. The summed E-state index contributed by atoms with van der Waals surface area (Å²) in [7, 11) is 0. The van der Waals surface area contributed by atoms with Crippen LogP contribution in [0.3, 0.4) is 0 Å². The van der Waals surface area contributed by atoms with Crippen molar-refractivity contribution in [2.24, 2.45) is 0 Å². The van der Waals surface area contributed by atoms with Crippen molar-refractivity contribution in [1.82, 2.24) is 19.9 Å². The number of fused-ring (bicyclic) bond motifs is 1. The first-order valence-electron chi connectivity index (χ1n) is 6.71. The van der Waals surface area contributed by atoms with Gasteiger partial charge in [0.2, 0.25) is 0 Å². The molecule has 0 amide bonds. The molecule has 0 aliphatic carbocycles. The Hall–Kier alpha value is -2.90. The van der Waals surface area contributed by atoms with Gasteiger partial charge in [-0.1, -0.05) is 5.16 Å². The van der Waals surface area contributed by atoms with Crippen molar-refractivity contribution in [1.29, 1.82) is 0 Å². The van der Waals surface area contributed by atoms with Gasteiger partial charge in [-0.05, 0) is 20.8 Å². The van der Waals surface area contributed by atoms with E-state index in [0.29, 0.717) is 16.8 Å². The first-order valence-corrected chi connectivity index (χ1v) is 6.71. The summed E-state index contributed by atoms with van der Waals surface area (Å²) >= 11 is 0. The van der Waals surface area contributed by atoms with Crippen molar-refractivity contribution in [2.45, 2.75) is 27.3 Å². The lowest BCUT2D eigenvalue weighted by Gasteiger charge is -2.04. The van der Waals surface area contributed by atoms with Gasteiger partial charge >= 0.3 is 6.16 Å². The zero-order chi connectivity index (χ0) is 15.9. The summed E-state index contributed by atoms with van der Waals surface area (Å²) < 4.78 is 11.9. The van der Waals surface area contributed by atoms with E-state index in [1.165, 1.54) is 6.07 Å². The number of ether oxygens (including phenoxy) is 1. The highest BCUT2D eigenvalue weighted by Gasteiger charge is 2.22. The van der Waals surface area contributed by atoms with Gasteiger partial charge in [0, 0.05) is 29.6 Å². The fraction of sp³-hybridized carbons (Fsp3) is 0.286. The minimum absolute atomic E-state index is 0.148. The van der Waals surface area contributed by atoms with Crippen molar-refractivity contribution < 1.29 is 19.2 Å². The molecule has 3 aromatic heterocycles. The second-order valence-electron chi connectivity index (χ2n) is 4.80. The second kappa shape index (κ2) is 5.14. The molecule has 0 aliphatic heterocycles. The first kappa shape index (κ1) is 14.1. The number of nitrogens with zero attached hydrogens (tertiary/aromatic N) is 4. The van der Waals surface area contributed by atoms with Gasteiger partial charge in [0.05, 0.1) is 6.20 Å². The third-order valence-corrected chi connectivity index (χ3v) is 3.39. The van der Waals surface area contributed by atoms with Crippen LogP contribution in [0.15, 0.2) is 16.8 Å². The monoisotopic (exact) mass is 302 g/mol. The standard InChI is InChI=1S/C14H14N4O4/c1-4-18-8(3)9(6-15-18)12-11-10(21-14(19)20)5-7(2)16-13(11)22-17-12/h5-6H,4H2,1-3H3,(H,19,20). The third-order valence-electron chi connectivity index (χ3n) is 3.39. The van der Waals surface area contributed by atoms with Crippen molar-refractivity contribution in [3.05, 3.63) is 23.7 Å². The fourth-order valence-corrected chi connectivity index (χ4v) is 2.39. The lowest BCUT2D eigenvalue weighted by Crippen LogP contribution is -2.04. The highest BCUT2D eigenvalue weighted by atomic mass is 16.7. The van der Waals surface area contributed by atoms with Crippen LogP contribution in [0.4, 0.5) is 4.79 Å². The summed E-state index contributed by atoms with van der Waals surface area (Å²) in [6, 6.07) is 1.54. The quantitative estimate of drug-likeness (QED) is 0.742. The van der Waals surface area contributed by atoms with E-state index in [2.05, 4.69) is 15.2 Å². The summed E-state index contributed by atoms with van der Waals surface area (Å²) in [6.07, 6.45) is 0.264. The number of hydrogen-bond acceptors (Lipinski definition) is 6. The van der Waals surface area contributed by atoms with Crippen LogP contribution in [0.5, 0.6) is 5.75 Å². The van der Waals surface area contributed by atoms with E-state index in [-0.39, 0.29) is 11.5 Å². The van der Waals surface area contributed by atoms with Crippen LogP contribution in [0.25, 0.3) is 22.4 Å². The van der Waals surface area contributed by atoms with Gasteiger partial charge < -0.3 is 14.4 Å². The van der Waals surface area contributed by atoms with Crippen LogP contribution < -0.4 is 4.74 Å². The zero-order valence-electron chi connectivity index (χ0n) is 12.3. The molecular formula is C14H14N4O4. The van der Waals surface area contributed by atoms with Crippen molar-refractivity contribution in [3.63, 3.8) is 0 Å². The van der Waals surface area contributed by atoms with E-state index in [1.807, 2.05) is 18.5 Å². The van der Waals surface area contributed by atoms with Gasteiger partial charge in [0.1, 0.15) is 11.1 Å². The highest BCUT2D eigenvalue weighted by molar-refractivity contribution is 5.96. The smallest absolute Gasteiger partial charge is 0.449 e. The SMILES string of the molecule is CCn1ncc(-c2noc3nc(C)cc(OC(=O)O)c23)c1C. The predicted octanol–water partition coefficient (Wildman–Crippen LogP) is 2.78. The zero-order valence-corrected chi connectivity index (χ0v) is 12.3. The Kier molecular flexibility index (Phi) is 3.28. The van der Waals surface area contributed by atoms with Gasteiger partial charge in [-0.2, -0.15) is 5.10 Å². The highest BCUT2D eigenvalue weighted by Crippen LogP contribution is 2.35. The Morgan fingerprint density at radius 1 is 1.45 bits per heavy atom. The normalized spacial score (nSPS) is 11.0. The number of aryl methyl sites for hydroxylation is 2. The van der Waals surface area contributed by atoms with Gasteiger partial charge in [-0.25, -0.2) is 9.78 Å². The molecule has 0 atom stereocenters. The number of carboxylic acid groups (broad SMARTS) is 1. The van der Waals surface area contributed by atoms with Crippen LogP contribution in [0, 0.1) is 13.8 Å². The number of hydrogen-bond donors (Lipinski definition) is 1. The molecule has 0 saturated carbocycles. The molecule has 0 saturated heterocycles. The number of pyridine rings is 1. The molecule has 1 N–H and O–H groups in total. The largest absolute Gasteiger partial charge is 0.511 e. The summed E-state index contributed by atoms with van der Waals surface area (Å²) in [6.45, 7) is 6.33. The van der Waals surface area contributed by atoms with E-state index >= 15 is 0 Å². The molecule has 0 unspecified atom stereocenters. The lowest BCUT2D eigenvalue weighted by atomic mass is 10.1. The topological polar surface area (TPSA) is 103 Å². The Morgan fingerprint density at radius 3 is 2.86 bits per heavy atom. The molecule has 0 fully saturated rings. The number of rotatable bonds is 3. The fourth-order valence-electron chi connectivity index (χ4n) is 2.39. The molecule has 3 rings (SSSR count). The second-order valence-corrected chi connectivity index (χ2v) is 4.80. The first-order chi connectivity index (χ1) is 10.5. The lowest BCUT2D eigenvalue weighted by molar-refractivity contribution is 0.145. The molecule has 114 valence electrons. The Balaban J connectivity index is 2.26. The molecule has 3 heterocycles. The average Bonchev–Trinajstić information content (AvgIpc) is 3.01. The van der Waals surface area contributed by atoms with Crippen LogP contribution in [0.1, 0.15) is 18.3 Å². The predicted molar refractivity (Wildman–Crippen MR) is 76.8 cm³/mol. The molecule has 8 nitrogen and oxygen atoms in total. The van der Waals surface area contributed by atoms with Crippen LogP contribution in [-0.4, -0.2) is 31.2 Å². The van der Waals surface area contributed by atoms with Gasteiger partial charge in [0.25, 0.3) is 5.71 Å². The Bertz CT molecular complexity index is 865. The minimum atomic E-state index is -1.40. The molecule has 0 bridgehead atoms. The van der Waals surface area contributed by atoms with Crippen LogP contribution in [-0.2, 0) is 6.54 Å². The molecule has 0 aromatic carbocycles. The van der Waals surface area contributed by atoms with Crippen molar-refractivity contribution >= 4 is 17.3 Å². The molecule has 0 spiro atoms. The van der Waals surface area contributed by atoms with E-state index in [9.17, 15) is 4.79 Å².